The highest BCUT2D eigenvalue weighted by atomic mass is 35.5. The van der Waals surface area contributed by atoms with Crippen LogP contribution in [0, 0.1) is 5.82 Å². The van der Waals surface area contributed by atoms with Crippen molar-refractivity contribution in [3.05, 3.63) is 69.5 Å². The monoisotopic (exact) mass is 325 g/mol. The maximum Gasteiger partial charge on any atom is 0.123 e. The molecule has 2 aromatic rings. The minimum absolute atomic E-state index is 0.116. The minimum atomic E-state index is -0.208. The van der Waals surface area contributed by atoms with Crippen LogP contribution in [0.25, 0.3) is 0 Å². The average molecular weight is 326 g/mol. The summed E-state index contributed by atoms with van der Waals surface area (Å²) in [5.41, 5.74) is 2.12. The summed E-state index contributed by atoms with van der Waals surface area (Å²) in [6.07, 6.45) is 0.829. The molecule has 0 heterocycles. The molecule has 0 saturated carbocycles. The smallest absolute Gasteiger partial charge is 0.123 e. The van der Waals surface area contributed by atoms with Crippen LogP contribution in [0.3, 0.4) is 0 Å². The molecule has 0 aliphatic carbocycles. The summed E-state index contributed by atoms with van der Waals surface area (Å²) in [5, 5.41) is 4.80. The first-order valence-electron chi connectivity index (χ1n) is 6.91. The molecule has 0 aliphatic rings. The molecule has 2 rings (SSSR count). The number of benzene rings is 2. The second-order valence-corrected chi connectivity index (χ2v) is 6.13. The van der Waals surface area contributed by atoms with Gasteiger partial charge in [-0.25, -0.2) is 4.39 Å². The predicted octanol–water partition coefficient (Wildman–Crippen LogP) is 5.41. The zero-order chi connectivity index (χ0) is 15.4. The van der Waals surface area contributed by atoms with Gasteiger partial charge in [0.15, 0.2) is 0 Å². The van der Waals surface area contributed by atoms with Crippen LogP contribution in [0.5, 0.6) is 0 Å². The summed E-state index contributed by atoms with van der Waals surface area (Å²) in [7, 11) is 0. The van der Waals surface area contributed by atoms with E-state index in [1.807, 2.05) is 24.3 Å². The predicted molar refractivity (Wildman–Crippen MR) is 87.6 cm³/mol. The molecule has 4 heteroatoms. The maximum absolute atomic E-state index is 12.9. The van der Waals surface area contributed by atoms with E-state index in [0.29, 0.717) is 10.0 Å². The van der Waals surface area contributed by atoms with Crippen molar-refractivity contribution in [3.8, 4) is 0 Å². The molecule has 0 radical (unpaired) electrons. The fraction of sp³-hybridized carbons (Fsp3) is 0.294. The number of rotatable bonds is 5. The van der Waals surface area contributed by atoms with Gasteiger partial charge in [0.05, 0.1) is 0 Å². The van der Waals surface area contributed by atoms with Gasteiger partial charge in [-0.3, -0.25) is 0 Å². The standard InChI is InChI=1S/C17H18Cl2FN/c1-11(9-13-3-6-15(20)7-4-13)21-12(2)16-8-5-14(18)10-17(16)19/h3-8,10-12,21H,9H2,1-2H3. The summed E-state index contributed by atoms with van der Waals surface area (Å²) in [5.74, 6) is -0.208. The summed E-state index contributed by atoms with van der Waals surface area (Å²) in [4.78, 5) is 0. The first kappa shape index (κ1) is 16.3. The van der Waals surface area contributed by atoms with Gasteiger partial charge in [-0.2, -0.15) is 0 Å². The first-order chi connectivity index (χ1) is 9.95. The zero-order valence-corrected chi connectivity index (χ0v) is 13.5. The SMILES string of the molecule is CC(Cc1ccc(F)cc1)NC(C)c1ccc(Cl)cc1Cl. The Bertz CT molecular complexity index is 598. The molecule has 0 fully saturated rings. The number of nitrogens with one attached hydrogen (secondary N) is 1. The van der Waals surface area contributed by atoms with Gasteiger partial charge in [0.2, 0.25) is 0 Å². The van der Waals surface area contributed by atoms with Crippen LogP contribution in [0.15, 0.2) is 42.5 Å². The molecule has 0 saturated heterocycles. The third-order valence-corrected chi connectivity index (χ3v) is 3.98. The van der Waals surface area contributed by atoms with Crippen molar-refractivity contribution in [1.29, 1.82) is 0 Å². The van der Waals surface area contributed by atoms with Crippen molar-refractivity contribution in [2.24, 2.45) is 0 Å². The van der Waals surface area contributed by atoms with Crippen molar-refractivity contribution in [2.75, 3.05) is 0 Å². The minimum Gasteiger partial charge on any atom is -0.307 e. The number of hydrogen-bond acceptors (Lipinski definition) is 1. The molecule has 1 nitrogen and oxygen atoms in total. The summed E-state index contributed by atoms with van der Waals surface area (Å²) in [6, 6.07) is 12.5. The van der Waals surface area contributed by atoms with Gasteiger partial charge in [0.1, 0.15) is 5.82 Å². The van der Waals surface area contributed by atoms with Gasteiger partial charge in [-0.05, 0) is 55.7 Å². The van der Waals surface area contributed by atoms with E-state index in [2.05, 4.69) is 19.2 Å². The molecule has 2 aromatic carbocycles. The molecule has 0 aliphatic heterocycles. The molecule has 2 atom stereocenters. The van der Waals surface area contributed by atoms with Crippen molar-refractivity contribution in [1.82, 2.24) is 5.32 Å². The largest absolute Gasteiger partial charge is 0.307 e. The Morgan fingerprint density at radius 2 is 1.71 bits per heavy atom. The second-order valence-electron chi connectivity index (χ2n) is 5.29. The lowest BCUT2D eigenvalue weighted by Gasteiger charge is -2.21. The van der Waals surface area contributed by atoms with Crippen LogP contribution in [0.2, 0.25) is 10.0 Å². The third-order valence-electron chi connectivity index (χ3n) is 3.42. The highest BCUT2D eigenvalue weighted by molar-refractivity contribution is 6.35. The van der Waals surface area contributed by atoms with E-state index in [9.17, 15) is 4.39 Å². The molecular weight excluding hydrogens is 308 g/mol. The average Bonchev–Trinajstić information content (AvgIpc) is 2.41. The molecule has 2 unspecified atom stereocenters. The second kappa shape index (κ2) is 7.26. The summed E-state index contributed by atoms with van der Waals surface area (Å²) >= 11 is 12.1. The van der Waals surface area contributed by atoms with Crippen molar-refractivity contribution in [2.45, 2.75) is 32.4 Å². The Morgan fingerprint density at radius 1 is 1.05 bits per heavy atom. The topological polar surface area (TPSA) is 12.0 Å². The van der Waals surface area contributed by atoms with E-state index in [0.717, 1.165) is 17.5 Å². The Hall–Kier alpha value is -1.09. The van der Waals surface area contributed by atoms with Crippen LogP contribution >= 0.6 is 23.2 Å². The van der Waals surface area contributed by atoms with E-state index in [1.165, 1.54) is 12.1 Å². The normalized spacial score (nSPS) is 14.0. The molecule has 0 aromatic heterocycles. The molecule has 0 amide bonds. The quantitative estimate of drug-likeness (QED) is 0.774. The van der Waals surface area contributed by atoms with Crippen LogP contribution in [0.1, 0.15) is 31.0 Å². The Labute approximate surface area is 135 Å². The lowest BCUT2D eigenvalue weighted by molar-refractivity contribution is 0.477. The highest BCUT2D eigenvalue weighted by Crippen LogP contribution is 2.26. The van der Waals surface area contributed by atoms with E-state index < -0.39 is 0 Å². The Morgan fingerprint density at radius 3 is 2.33 bits per heavy atom. The summed E-state index contributed by atoms with van der Waals surface area (Å²) in [6.45, 7) is 4.17. The van der Waals surface area contributed by atoms with Crippen LogP contribution in [-0.2, 0) is 6.42 Å². The van der Waals surface area contributed by atoms with Crippen molar-refractivity contribution in [3.63, 3.8) is 0 Å². The molecule has 0 spiro atoms. The molecule has 0 bridgehead atoms. The Kier molecular flexibility index (Phi) is 5.63. The van der Waals surface area contributed by atoms with E-state index in [1.54, 1.807) is 6.07 Å². The zero-order valence-electron chi connectivity index (χ0n) is 12.0. The van der Waals surface area contributed by atoms with Crippen molar-refractivity contribution >= 4 is 23.2 Å². The van der Waals surface area contributed by atoms with Crippen LogP contribution in [0.4, 0.5) is 4.39 Å². The van der Waals surface area contributed by atoms with Crippen molar-refractivity contribution < 1.29 is 4.39 Å². The fourth-order valence-electron chi connectivity index (χ4n) is 2.40. The molecule has 112 valence electrons. The number of hydrogen-bond donors (Lipinski definition) is 1. The maximum atomic E-state index is 12.9. The highest BCUT2D eigenvalue weighted by Gasteiger charge is 2.13. The van der Waals surface area contributed by atoms with Gasteiger partial charge >= 0.3 is 0 Å². The lowest BCUT2D eigenvalue weighted by Crippen LogP contribution is -2.30. The molecule has 21 heavy (non-hydrogen) atoms. The lowest BCUT2D eigenvalue weighted by atomic mass is 10.0. The van der Waals surface area contributed by atoms with E-state index in [4.69, 9.17) is 23.2 Å². The third kappa shape index (κ3) is 4.70. The van der Waals surface area contributed by atoms with Gasteiger partial charge in [-0.1, -0.05) is 41.4 Å². The van der Waals surface area contributed by atoms with Gasteiger partial charge in [0, 0.05) is 22.1 Å². The molecular formula is C17H18Cl2FN. The first-order valence-corrected chi connectivity index (χ1v) is 7.66. The Balaban J connectivity index is 1.98. The van der Waals surface area contributed by atoms with Crippen LogP contribution in [-0.4, -0.2) is 6.04 Å². The van der Waals surface area contributed by atoms with E-state index in [-0.39, 0.29) is 17.9 Å². The van der Waals surface area contributed by atoms with Gasteiger partial charge in [-0.15, -0.1) is 0 Å². The van der Waals surface area contributed by atoms with E-state index >= 15 is 0 Å². The fourth-order valence-corrected chi connectivity index (χ4v) is 2.97. The van der Waals surface area contributed by atoms with Gasteiger partial charge < -0.3 is 5.32 Å². The van der Waals surface area contributed by atoms with Gasteiger partial charge in [0.25, 0.3) is 0 Å². The summed E-state index contributed by atoms with van der Waals surface area (Å²) < 4.78 is 12.9. The molecule has 1 N–H and O–H groups in total. The number of halogens is 3. The van der Waals surface area contributed by atoms with Crippen LogP contribution < -0.4 is 5.32 Å².